The van der Waals surface area contributed by atoms with Crippen LogP contribution in [0.4, 0.5) is 0 Å². The predicted octanol–water partition coefficient (Wildman–Crippen LogP) is 3.63. The SMILES string of the molecule is O[C@H](c1ccccc1)C(Cl)(Cl)[C@@H](O)c1ccccc1. The Bertz CT molecular complexity index is 467. The van der Waals surface area contributed by atoms with E-state index >= 15 is 0 Å². The minimum Gasteiger partial charge on any atom is -0.385 e. The topological polar surface area (TPSA) is 40.5 Å². The van der Waals surface area contributed by atoms with Crippen LogP contribution in [0.25, 0.3) is 0 Å². The average Bonchev–Trinajstić information content (AvgIpc) is 2.47. The van der Waals surface area contributed by atoms with Gasteiger partial charge in [0.05, 0.1) is 0 Å². The Hall–Kier alpha value is -1.06. The minimum absolute atomic E-state index is 0.558. The lowest BCUT2D eigenvalue weighted by molar-refractivity contribution is 0.0675. The zero-order chi connectivity index (χ0) is 13.9. The summed E-state index contributed by atoms with van der Waals surface area (Å²) in [7, 11) is 0. The van der Waals surface area contributed by atoms with Gasteiger partial charge in [0.15, 0.2) is 4.33 Å². The molecule has 2 N–H and O–H groups in total. The summed E-state index contributed by atoms with van der Waals surface area (Å²) in [5.74, 6) is 0. The van der Waals surface area contributed by atoms with Crippen LogP contribution in [-0.4, -0.2) is 14.5 Å². The van der Waals surface area contributed by atoms with E-state index in [1.54, 1.807) is 48.5 Å². The molecule has 0 bridgehead atoms. The average molecular weight is 297 g/mol. The molecule has 2 aromatic rings. The lowest BCUT2D eigenvalue weighted by Crippen LogP contribution is -2.31. The van der Waals surface area contributed by atoms with Crippen molar-refractivity contribution >= 4 is 23.2 Å². The Morgan fingerprint density at radius 3 is 1.32 bits per heavy atom. The molecule has 0 saturated carbocycles. The first-order chi connectivity index (χ1) is 9.03. The molecule has 0 fully saturated rings. The summed E-state index contributed by atoms with van der Waals surface area (Å²) in [6, 6.07) is 17.6. The van der Waals surface area contributed by atoms with Crippen LogP contribution in [0.5, 0.6) is 0 Å². The molecular weight excluding hydrogens is 283 g/mol. The van der Waals surface area contributed by atoms with Gasteiger partial charge >= 0.3 is 0 Å². The highest BCUT2D eigenvalue weighted by molar-refractivity contribution is 6.49. The fourth-order valence-corrected chi connectivity index (χ4v) is 2.37. The van der Waals surface area contributed by atoms with E-state index in [4.69, 9.17) is 23.2 Å². The molecule has 100 valence electrons. The molecular formula is C15H14Cl2O2. The van der Waals surface area contributed by atoms with Crippen molar-refractivity contribution in [1.82, 2.24) is 0 Å². The first-order valence-electron chi connectivity index (χ1n) is 5.87. The van der Waals surface area contributed by atoms with Crippen molar-refractivity contribution in [3.8, 4) is 0 Å². The van der Waals surface area contributed by atoms with Gasteiger partial charge in [0.1, 0.15) is 12.2 Å². The number of aliphatic hydroxyl groups is 2. The number of aliphatic hydroxyl groups excluding tert-OH is 2. The largest absolute Gasteiger partial charge is 0.385 e. The first-order valence-corrected chi connectivity index (χ1v) is 6.63. The Balaban J connectivity index is 2.27. The highest BCUT2D eigenvalue weighted by Gasteiger charge is 2.42. The van der Waals surface area contributed by atoms with E-state index in [2.05, 4.69) is 0 Å². The van der Waals surface area contributed by atoms with Gasteiger partial charge in [-0.1, -0.05) is 83.9 Å². The quantitative estimate of drug-likeness (QED) is 0.846. The van der Waals surface area contributed by atoms with Crippen LogP contribution in [0, 0.1) is 0 Å². The molecule has 0 heterocycles. The van der Waals surface area contributed by atoms with E-state index in [-0.39, 0.29) is 0 Å². The smallest absolute Gasteiger partial charge is 0.177 e. The normalized spacial score (nSPS) is 14.9. The van der Waals surface area contributed by atoms with E-state index in [0.717, 1.165) is 0 Å². The van der Waals surface area contributed by atoms with Gasteiger partial charge in [-0.15, -0.1) is 0 Å². The lowest BCUT2D eigenvalue weighted by atomic mass is 9.98. The van der Waals surface area contributed by atoms with Crippen molar-refractivity contribution in [3.63, 3.8) is 0 Å². The Morgan fingerprint density at radius 1 is 0.684 bits per heavy atom. The van der Waals surface area contributed by atoms with Gasteiger partial charge in [0, 0.05) is 0 Å². The molecule has 0 aromatic heterocycles. The Kier molecular flexibility index (Phi) is 4.48. The molecule has 0 aliphatic rings. The Labute approximate surface area is 122 Å². The maximum atomic E-state index is 10.3. The lowest BCUT2D eigenvalue weighted by Gasteiger charge is -2.31. The summed E-state index contributed by atoms with van der Waals surface area (Å²) in [6.45, 7) is 0. The molecule has 2 rings (SSSR count). The molecule has 2 atom stereocenters. The second-order valence-electron chi connectivity index (χ2n) is 4.30. The number of benzene rings is 2. The van der Waals surface area contributed by atoms with Gasteiger partial charge < -0.3 is 10.2 Å². The molecule has 0 radical (unpaired) electrons. The van der Waals surface area contributed by atoms with Crippen LogP contribution in [-0.2, 0) is 0 Å². The second kappa shape index (κ2) is 5.93. The monoisotopic (exact) mass is 296 g/mol. The van der Waals surface area contributed by atoms with Crippen LogP contribution in [0.2, 0.25) is 0 Å². The fraction of sp³-hybridized carbons (Fsp3) is 0.200. The molecule has 19 heavy (non-hydrogen) atoms. The van der Waals surface area contributed by atoms with Gasteiger partial charge in [0.2, 0.25) is 0 Å². The third kappa shape index (κ3) is 3.10. The molecule has 2 nitrogen and oxygen atoms in total. The van der Waals surface area contributed by atoms with Crippen LogP contribution in [0.15, 0.2) is 60.7 Å². The number of alkyl halides is 2. The first kappa shape index (κ1) is 14.4. The van der Waals surface area contributed by atoms with Gasteiger partial charge in [-0.2, -0.15) is 0 Å². The van der Waals surface area contributed by atoms with Crippen molar-refractivity contribution in [1.29, 1.82) is 0 Å². The third-order valence-corrected chi connectivity index (χ3v) is 3.79. The predicted molar refractivity (Wildman–Crippen MR) is 77.2 cm³/mol. The summed E-state index contributed by atoms with van der Waals surface area (Å²) in [6.07, 6.45) is -2.38. The molecule has 0 unspecified atom stereocenters. The molecule has 0 amide bonds. The minimum atomic E-state index is -1.72. The van der Waals surface area contributed by atoms with Crippen LogP contribution >= 0.6 is 23.2 Å². The molecule has 0 aliphatic carbocycles. The number of hydrogen-bond acceptors (Lipinski definition) is 2. The Morgan fingerprint density at radius 2 is 1.00 bits per heavy atom. The summed E-state index contributed by atoms with van der Waals surface area (Å²) in [4.78, 5) is 0. The molecule has 0 aliphatic heterocycles. The number of hydrogen-bond donors (Lipinski definition) is 2. The molecule has 0 saturated heterocycles. The zero-order valence-electron chi connectivity index (χ0n) is 10.1. The highest BCUT2D eigenvalue weighted by atomic mass is 35.5. The van der Waals surface area contributed by atoms with E-state index < -0.39 is 16.5 Å². The second-order valence-corrected chi connectivity index (χ2v) is 5.75. The fourth-order valence-electron chi connectivity index (χ4n) is 1.86. The standard InChI is InChI=1S/C15H14Cl2O2/c16-15(17,13(18)11-7-3-1-4-8-11)14(19)12-9-5-2-6-10-12/h1-10,13-14,18-19H/t13-,14+. The maximum Gasteiger partial charge on any atom is 0.177 e. The van der Waals surface area contributed by atoms with Crippen LogP contribution in [0.1, 0.15) is 23.3 Å². The van der Waals surface area contributed by atoms with Gasteiger partial charge in [0.25, 0.3) is 0 Å². The summed E-state index contributed by atoms with van der Waals surface area (Å²) in [5.41, 5.74) is 1.12. The van der Waals surface area contributed by atoms with E-state index in [1.165, 1.54) is 0 Å². The molecule has 2 aromatic carbocycles. The highest BCUT2D eigenvalue weighted by Crippen LogP contribution is 2.45. The third-order valence-electron chi connectivity index (χ3n) is 2.96. The van der Waals surface area contributed by atoms with Crippen molar-refractivity contribution in [2.45, 2.75) is 16.5 Å². The van der Waals surface area contributed by atoms with E-state index in [1.807, 2.05) is 12.1 Å². The summed E-state index contributed by atoms with van der Waals surface area (Å²) in [5, 5.41) is 20.5. The van der Waals surface area contributed by atoms with E-state index in [9.17, 15) is 10.2 Å². The van der Waals surface area contributed by atoms with Gasteiger partial charge in [-0.05, 0) is 11.1 Å². The van der Waals surface area contributed by atoms with Crippen molar-refractivity contribution < 1.29 is 10.2 Å². The molecule has 0 spiro atoms. The van der Waals surface area contributed by atoms with Crippen molar-refractivity contribution in [2.24, 2.45) is 0 Å². The number of halogens is 2. The van der Waals surface area contributed by atoms with Gasteiger partial charge in [-0.25, -0.2) is 0 Å². The van der Waals surface area contributed by atoms with Crippen molar-refractivity contribution in [3.05, 3.63) is 71.8 Å². The molecule has 4 heteroatoms. The zero-order valence-corrected chi connectivity index (χ0v) is 11.6. The van der Waals surface area contributed by atoms with E-state index in [0.29, 0.717) is 11.1 Å². The summed E-state index contributed by atoms with van der Waals surface area (Å²) < 4.78 is -1.72. The number of rotatable bonds is 4. The maximum absolute atomic E-state index is 10.3. The van der Waals surface area contributed by atoms with Crippen LogP contribution < -0.4 is 0 Å². The van der Waals surface area contributed by atoms with Crippen molar-refractivity contribution in [2.75, 3.05) is 0 Å². The summed E-state index contributed by atoms with van der Waals surface area (Å²) >= 11 is 12.3. The van der Waals surface area contributed by atoms with Gasteiger partial charge in [-0.3, -0.25) is 0 Å². The van der Waals surface area contributed by atoms with Crippen LogP contribution in [0.3, 0.4) is 0 Å².